The van der Waals surface area contributed by atoms with Gasteiger partial charge in [0.05, 0.1) is 0 Å². The lowest BCUT2D eigenvalue weighted by Crippen LogP contribution is -2.16. The van der Waals surface area contributed by atoms with Gasteiger partial charge in [0.2, 0.25) is 0 Å². The van der Waals surface area contributed by atoms with E-state index in [0.717, 1.165) is 23.0 Å². The van der Waals surface area contributed by atoms with Crippen LogP contribution in [0.2, 0.25) is 0 Å². The van der Waals surface area contributed by atoms with Crippen LogP contribution in [-0.4, -0.2) is 56.5 Å². The van der Waals surface area contributed by atoms with Crippen LogP contribution < -0.4 is 0 Å². The zero-order valence-corrected chi connectivity index (χ0v) is 18.7. The van der Waals surface area contributed by atoms with Gasteiger partial charge in [0, 0.05) is 33.5 Å². The zero-order chi connectivity index (χ0) is 15.8. The van der Waals surface area contributed by atoms with Gasteiger partial charge >= 0.3 is 0 Å². The molecule has 0 saturated heterocycles. The molecule has 0 aromatic rings. The molecule has 7 heteroatoms. The van der Waals surface area contributed by atoms with Gasteiger partial charge in [-0.1, -0.05) is 0 Å². The number of hydrogen-bond acceptors (Lipinski definition) is 7. The standard InChI is InChI=1S/C14H30S7/c15-5-1-3-7-19-11-13(9-17)21-12-14(10-18)20-8-4-2-6-16/h13-18H,1-12H2. The Hall–Kier alpha value is 2.45. The van der Waals surface area contributed by atoms with Crippen LogP contribution in [0.25, 0.3) is 0 Å². The smallest absolute Gasteiger partial charge is 0.0226 e. The van der Waals surface area contributed by atoms with Crippen LogP contribution in [0.15, 0.2) is 0 Å². The van der Waals surface area contributed by atoms with E-state index in [2.05, 4.69) is 85.8 Å². The summed E-state index contributed by atoms with van der Waals surface area (Å²) in [6, 6.07) is 0. The molecule has 0 bridgehead atoms. The average Bonchev–Trinajstić information content (AvgIpc) is 2.51. The van der Waals surface area contributed by atoms with Crippen LogP contribution in [0, 0.1) is 0 Å². The first-order chi connectivity index (χ1) is 10.3. The number of thioether (sulfide) groups is 3. The van der Waals surface area contributed by atoms with Gasteiger partial charge in [0.25, 0.3) is 0 Å². The van der Waals surface area contributed by atoms with Crippen molar-refractivity contribution >= 4 is 85.8 Å². The van der Waals surface area contributed by atoms with Gasteiger partial charge in [0.1, 0.15) is 0 Å². The molecule has 0 aromatic carbocycles. The third-order valence-corrected chi connectivity index (χ3v) is 9.21. The first kappa shape index (κ1) is 23.4. The molecule has 128 valence electrons. The minimum atomic E-state index is 0.676. The molecule has 2 unspecified atom stereocenters. The highest BCUT2D eigenvalue weighted by molar-refractivity contribution is 8.05. The van der Waals surface area contributed by atoms with Crippen molar-refractivity contribution in [1.29, 1.82) is 0 Å². The van der Waals surface area contributed by atoms with Crippen LogP contribution in [0.3, 0.4) is 0 Å². The molecule has 0 amide bonds. The third-order valence-electron chi connectivity index (χ3n) is 2.83. The lowest BCUT2D eigenvalue weighted by Gasteiger charge is -2.18. The van der Waals surface area contributed by atoms with E-state index in [-0.39, 0.29) is 0 Å². The largest absolute Gasteiger partial charge is 0.179 e. The molecule has 0 radical (unpaired) electrons. The summed E-state index contributed by atoms with van der Waals surface area (Å²) in [5.41, 5.74) is 0. The van der Waals surface area contributed by atoms with Crippen molar-refractivity contribution in [1.82, 2.24) is 0 Å². The molecule has 0 N–H and O–H groups in total. The van der Waals surface area contributed by atoms with Gasteiger partial charge in [-0.15, -0.1) is 0 Å². The van der Waals surface area contributed by atoms with E-state index in [1.807, 2.05) is 0 Å². The summed E-state index contributed by atoms with van der Waals surface area (Å²) in [5, 5.41) is 1.35. The van der Waals surface area contributed by atoms with Crippen molar-refractivity contribution in [3.05, 3.63) is 0 Å². The fourth-order valence-electron chi connectivity index (χ4n) is 1.55. The Morgan fingerprint density at radius 1 is 0.619 bits per heavy atom. The number of rotatable bonds is 16. The van der Waals surface area contributed by atoms with Crippen molar-refractivity contribution in [3.63, 3.8) is 0 Å². The van der Waals surface area contributed by atoms with E-state index >= 15 is 0 Å². The molecule has 2 atom stereocenters. The van der Waals surface area contributed by atoms with Crippen molar-refractivity contribution < 1.29 is 0 Å². The lowest BCUT2D eigenvalue weighted by molar-refractivity contribution is 0.906. The molecule has 0 rings (SSSR count). The predicted octanol–water partition coefficient (Wildman–Crippen LogP) is 5.20. The van der Waals surface area contributed by atoms with Crippen molar-refractivity contribution in [3.8, 4) is 0 Å². The summed E-state index contributed by atoms with van der Waals surface area (Å²) in [6.07, 6.45) is 5.03. The third kappa shape index (κ3) is 15.7. The molecule has 0 fully saturated rings. The summed E-state index contributed by atoms with van der Waals surface area (Å²) >= 11 is 23.8. The van der Waals surface area contributed by atoms with E-state index in [9.17, 15) is 0 Å². The van der Waals surface area contributed by atoms with Crippen LogP contribution in [-0.2, 0) is 0 Å². The maximum atomic E-state index is 4.51. The highest BCUT2D eigenvalue weighted by Gasteiger charge is 2.13. The highest BCUT2D eigenvalue weighted by Crippen LogP contribution is 2.25. The Labute approximate surface area is 166 Å². The maximum Gasteiger partial charge on any atom is 0.0226 e. The monoisotopic (exact) mass is 422 g/mol. The lowest BCUT2D eigenvalue weighted by atomic mass is 10.4. The number of unbranched alkanes of at least 4 members (excludes halogenated alkanes) is 2. The molecule has 0 aliphatic heterocycles. The van der Waals surface area contributed by atoms with Crippen molar-refractivity contribution in [2.45, 2.75) is 36.2 Å². The second-order valence-corrected chi connectivity index (χ2v) is 10.3. The minimum Gasteiger partial charge on any atom is -0.179 e. The van der Waals surface area contributed by atoms with Crippen LogP contribution in [0.5, 0.6) is 0 Å². The SMILES string of the molecule is SCCCCSCC(CS)SCC(CS)SCCCCS. The first-order valence-electron chi connectivity index (χ1n) is 7.52. The van der Waals surface area contributed by atoms with E-state index < -0.39 is 0 Å². The Morgan fingerprint density at radius 3 is 1.76 bits per heavy atom. The summed E-state index contributed by atoms with van der Waals surface area (Å²) in [7, 11) is 0. The summed E-state index contributed by atoms with van der Waals surface area (Å²) in [5.74, 6) is 8.92. The minimum absolute atomic E-state index is 0.676. The normalized spacial score (nSPS) is 14.3. The van der Waals surface area contributed by atoms with Crippen LogP contribution in [0.1, 0.15) is 25.7 Å². The molecule has 0 aliphatic rings. The first-order valence-corrected chi connectivity index (χ1v) is 13.3. The Kier molecular flexibility index (Phi) is 21.0. The Morgan fingerprint density at radius 2 is 1.19 bits per heavy atom. The quantitative estimate of drug-likeness (QED) is 0.199. The van der Waals surface area contributed by atoms with E-state index in [1.54, 1.807) is 0 Å². The molecular formula is C14H30S7. The van der Waals surface area contributed by atoms with E-state index in [1.165, 1.54) is 48.7 Å². The van der Waals surface area contributed by atoms with E-state index in [0.29, 0.717) is 10.5 Å². The second-order valence-electron chi connectivity index (χ2n) is 4.75. The highest BCUT2D eigenvalue weighted by atomic mass is 32.2. The molecule has 0 aliphatic carbocycles. The molecule has 0 saturated carbocycles. The molecule has 21 heavy (non-hydrogen) atoms. The van der Waals surface area contributed by atoms with E-state index in [4.69, 9.17) is 0 Å². The zero-order valence-electron chi connectivity index (χ0n) is 12.7. The molecule has 0 heterocycles. The Balaban J connectivity index is 3.68. The average molecular weight is 423 g/mol. The number of thiol groups is 4. The summed E-state index contributed by atoms with van der Waals surface area (Å²) in [4.78, 5) is 0. The summed E-state index contributed by atoms with van der Waals surface area (Å²) in [6.45, 7) is 0. The molecule has 0 aromatic heterocycles. The fraction of sp³-hybridized carbons (Fsp3) is 1.00. The van der Waals surface area contributed by atoms with Gasteiger partial charge in [-0.25, -0.2) is 0 Å². The summed E-state index contributed by atoms with van der Waals surface area (Å²) < 4.78 is 0. The van der Waals surface area contributed by atoms with Crippen molar-refractivity contribution in [2.24, 2.45) is 0 Å². The van der Waals surface area contributed by atoms with Crippen molar-refractivity contribution in [2.75, 3.05) is 46.0 Å². The van der Waals surface area contributed by atoms with Gasteiger partial charge in [-0.2, -0.15) is 85.8 Å². The van der Waals surface area contributed by atoms with Crippen LogP contribution >= 0.6 is 85.8 Å². The molecule has 0 nitrogen and oxygen atoms in total. The fourth-order valence-corrected chi connectivity index (χ4v) is 7.00. The maximum absolute atomic E-state index is 4.51. The predicted molar refractivity (Wildman–Crippen MR) is 124 cm³/mol. The Bertz CT molecular complexity index is 204. The molecule has 0 spiro atoms. The van der Waals surface area contributed by atoms with Gasteiger partial charge in [-0.05, 0) is 48.7 Å². The molecular weight excluding hydrogens is 393 g/mol. The number of hydrogen-bond donors (Lipinski definition) is 4. The topological polar surface area (TPSA) is 0 Å². The van der Waals surface area contributed by atoms with Gasteiger partial charge < -0.3 is 0 Å². The second kappa shape index (κ2) is 18.8. The van der Waals surface area contributed by atoms with Crippen LogP contribution in [0.4, 0.5) is 0 Å². The van der Waals surface area contributed by atoms with Gasteiger partial charge in [0.15, 0.2) is 0 Å². The van der Waals surface area contributed by atoms with Gasteiger partial charge in [-0.3, -0.25) is 0 Å².